The normalized spacial score (nSPS) is 7.58. The summed E-state index contributed by atoms with van der Waals surface area (Å²) in [7, 11) is 0. The number of para-hydroxylation sites is 1. The number of hydrogen-bond acceptors (Lipinski definition) is 2. The van der Waals surface area contributed by atoms with E-state index < -0.39 is 5.97 Å². The average molecular weight is 280 g/mol. The fraction of sp³-hybridized carbons (Fsp3) is 0. The van der Waals surface area contributed by atoms with Crippen LogP contribution in [0.2, 0.25) is 0 Å². The summed E-state index contributed by atoms with van der Waals surface area (Å²) >= 11 is 0. The van der Waals surface area contributed by atoms with E-state index in [9.17, 15) is 4.79 Å². The molecule has 1 aromatic carbocycles. The average Bonchev–Trinajstić information content (AvgIpc) is 2.06. The van der Waals surface area contributed by atoms with Gasteiger partial charge in [0.1, 0.15) is 5.75 Å². The Hall–Kier alpha value is 0.302. The summed E-state index contributed by atoms with van der Waals surface area (Å²) in [6.07, 6.45) is 4.80. The standard InChI is InChI=1S/C9H6O2.Cs.H/c1-2-9(10)11-8-6-4-3-5-7-8;;/h1,3-7H;;/q;+1;-1. The molecule has 0 saturated heterocycles. The predicted octanol–water partition coefficient (Wildman–Crippen LogP) is -1.66. The number of hydrogen-bond donors (Lipinski definition) is 0. The van der Waals surface area contributed by atoms with E-state index in [4.69, 9.17) is 6.42 Å². The van der Waals surface area contributed by atoms with Crippen LogP contribution in [0.15, 0.2) is 30.3 Å². The van der Waals surface area contributed by atoms with Crippen molar-refractivity contribution in [3.63, 3.8) is 0 Å². The van der Waals surface area contributed by atoms with Gasteiger partial charge < -0.3 is 6.16 Å². The Bertz CT molecular complexity index is 292. The zero-order valence-electron chi connectivity index (χ0n) is 7.78. The maximum atomic E-state index is 10.5. The molecule has 0 aliphatic carbocycles. The maximum absolute atomic E-state index is 10.5. The predicted molar refractivity (Wildman–Crippen MR) is 42.0 cm³/mol. The number of terminal acetylenes is 1. The van der Waals surface area contributed by atoms with Crippen LogP contribution in [0.25, 0.3) is 0 Å². The SMILES string of the molecule is C#CC(=O)Oc1ccccc1.[Cs+].[H-]. The molecule has 0 unspecified atom stereocenters. The number of benzene rings is 1. The van der Waals surface area contributed by atoms with Gasteiger partial charge in [0.25, 0.3) is 0 Å². The third kappa shape index (κ3) is 4.36. The van der Waals surface area contributed by atoms with Crippen molar-refractivity contribution in [3.05, 3.63) is 30.3 Å². The Labute approximate surface area is 132 Å². The van der Waals surface area contributed by atoms with Crippen molar-refractivity contribution in [2.45, 2.75) is 0 Å². The number of ether oxygens (including phenoxy) is 1. The van der Waals surface area contributed by atoms with E-state index in [1.54, 1.807) is 24.3 Å². The van der Waals surface area contributed by atoms with Crippen molar-refractivity contribution < 1.29 is 79.9 Å². The molecule has 0 amide bonds. The van der Waals surface area contributed by atoms with Crippen LogP contribution >= 0.6 is 0 Å². The molecule has 0 aliphatic heterocycles. The van der Waals surface area contributed by atoms with Crippen LogP contribution in [-0.4, -0.2) is 5.97 Å². The van der Waals surface area contributed by atoms with Crippen LogP contribution in [0.5, 0.6) is 5.75 Å². The van der Waals surface area contributed by atoms with Gasteiger partial charge in [-0.15, -0.1) is 6.42 Å². The molecule has 1 rings (SSSR count). The number of rotatable bonds is 1. The van der Waals surface area contributed by atoms with Gasteiger partial charge in [0.2, 0.25) is 0 Å². The van der Waals surface area contributed by atoms with Crippen LogP contribution in [0.1, 0.15) is 1.43 Å². The molecular formula is C9H7CsO2. The number of carbonyl (C=O) groups excluding carboxylic acids is 1. The Morgan fingerprint density at radius 2 is 2.00 bits per heavy atom. The zero-order chi connectivity index (χ0) is 8.10. The summed E-state index contributed by atoms with van der Waals surface area (Å²) in [5, 5.41) is 0. The smallest absolute Gasteiger partial charge is 1.00 e. The van der Waals surface area contributed by atoms with Crippen molar-refractivity contribution in [2.75, 3.05) is 0 Å². The second-order valence-corrected chi connectivity index (χ2v) is 1.85. The molecule has 1 aromatic rings. The molecule has 0 heterocycles. The number of esters is 1. The van der Waals surface area contributed by atoms with Crippen molar-refractivity contribution in [1.29, 1.82) is 0 Å². The van der Waals surface area contributed by atoms with Gasteiger partial charge >= 0.3 is 74.9 Å². The first-order chi connectivity index (χ1) is 5.33. The van der Waals surface area contributed by atoms with Crippen LogP contribution < -0.4 is 73.6 Å². The van der Waals surface area contributed by atoms with Crippen molar-refractivity contribution >= 4 is 5.97 Å². The first-order valence-corrected chi connectivity index (χ1v) is 3.06. The fourth-order valence-electron chi connectivity index (χ4n) is 0.625. The summed E-state index contributed by atoms with van der Waals surface area (Å²) in [6, 6.07) is 8.68. The van der Waals surface area contributed by atoms with Crippen molar-refractivity contribution in [1.82, 2.24) is 0 Å². The third-order valence-electron chi connectivity index (χ3n) is 1.07. The molecule has 2 nitrogen and oxygen atoms in total. The first kappa shape index (κ1) is 12.3. The number of carbonyl (C=O) groups is 1. The summed E-state index contributed by atoms with van der Waals surface area (Å²) in [6.45, 7) is 0. The minimum Gasteiger partial charge on any atom is -1.00 e. The first-order valence-electron chi connectivity index (χ1n) is 3.06. The van der Waals surface area contributed by atoms with Crippen LogP contribution in [0, 0.1) is 12.3 Å². The molecule has 0 N–H and O–H groups in total. The Morgan fingerprint density at radius 1 is 1.42 bits per heavy atom. The molecule has 56 valence electrons. The Balaban J connectivity index is 0. The fourth-order valence-corrected chi connectivity index (χ4v) is 0.625. The van der Waals surface area contributed by atoms with Crippen molar-refractivity contribution in [3.8, 4) is 18.1 Å². The van der Waals surface area contributed by atoms with Crippen LogP contribution in [0.4, 0.5) is 0 Å². The molecule has 12 heavy (non-hydrogen) atoms. The van der Waals surface area contributed by atoms with E-state index in [1.807, 2.05) is 12.0 Å². The zero-order valence-corrected chi connectivity index (χ0v) is 13.1. The summed E-state index contributed by atoms with van der Waals surface area (Å²) in [5.41, 5.74) is 0. The molecule has 3 heteroatoms. The molecule has 0 aromatic heterocycles. The Kier molecular flexibility index (Phi) is 6.95. The van der Waals surface area contributed by atoms with Gasteiger partial charge in [-0.05, 0) is 12.1 Å². The largest absolute Gasteiger partial charge is 1.00 e. The third-order valence-corrected chi connectivity index (χ3v) is 1.07. The molecular weight excluding hydrogens is 273 g/mol. The van der Waals surface area contributed by atoms with E-state index in [-0.39, 0.29) is 70.3 Å². The topological polar surface area (TPSA) is 26.3 Å². The maximum Gasteiger partial charge on any atom is 1.00 e. The minimum absolute atomic E-state index is 0. The van der Waals surface area contributed by atoms with E-state index in [0.29, 0.717) is 5.75 Å². The second kappa shape index (κ2) is 6.78. The minimum atomic E-state index is -0.670. The van der Waals surface area contributed by atoms with E-state index in [1.165, 1.54) is 0 Å². The molecule has 0 spiro atoms. The molecule has 0 saturated carbocycles. The summed E-state index contributed by atoms with van der Waals surface area (Å²) in [4.78, 5) is 10.5. The van der Waals surface area contributed by atoms with Crippen LogP contribution in [0.3, 0.4) is 0 Å². The van der Waals surface area contributed by atoms with E-state index in [0.717, 1.165) is 0 Å². The van der Waals surface area contributed by atoms with E-state index >= 15 is 0 Å². The van der Waals surface area contributed by atoms with Gasteiger partial charge in [-0.2, -0.15) is 0 Å². The van der Waals surface area contributed by atoms with Gasteiger partial charge in [0, 0.05) is 5.92 Å². The van der Waals surface area contributed by atoms with Gasteiger partial charge in [-0.1, -0.05) is 18.2 Å². The van der Waals surface area contributed by atoms with Crippen LogP contribution in [-0.2, 0) is 4.79 Å². The monoisotopic (exact) mass is 280 g/mol. The molecule has 0 atom stereocenters. The molecule has 0 bridgehead atoms. The van der Waals surface area contributed by atoms with Crippen molar-refractivity contribution in [2.24, 2.45) is 0 Å². The van der Waals surface area contributed by atoms with E-state index in [2.05, 4.69) is 4.74 Å². The molecule has 0 radical (unpaired) electrons. The summed E-state index contributed by atoms with van der Waals surface area (Å²) in [5.74, 6) is 1.65. The second-order valence-electron chi connectivity index (χ2n) is 1.85. The van der Waals surface area contributed by atoms with Gasteiger partial charge in [0.05, 0.1) is 0 Å². The quantitative estimate of drug-likeness (QED) is 0.266. The Morgan fingerprint density at radius 3 is 2.50 bits per heavy atom. The molecule has 0 aliphatic rings. The summed E-state index contributed by atoms with van der Waals surface area (Å²) < 4.78 is 4.69. The van der Waals surface area contributed by atoms with Gasteiger partial charge in [-0.25, -0.2) is 4.79 Å². The van der Waals surface area contributed by atoms with Gasteiger partial charge in [-0.3, -0.25) is 0 Å². The molecule has 0 fully saturated rings. The van der Waals surface area contributed by atoms with Gasteiger partial charge in [0.15, 0.2) is 0 Å².